The number of hydrogen-bond donors (Lipinski definition) is 1. The molecule has 0 aliphatic heterocycles. The van der Waals surface area contributed by atoms with Gasteiger partial charge in [0.1, 0.15) is 0 Å². The van der Waals surface area contributed by atoms with Crippen LogP contribution in [0.5, 0.6) is 0 Å². The van der Waals surface area contributed by atoms with Crippen molar-refractivity contribution in [3.63, 3.8) is 0 Å². The molecular weight excluding hydrogens is 374 g/mol. The summed E-state index contributed by atoms with van der Waals surface area (Å²) in [5.41, 5.74) is 2.60. The van der Waals surface area contributed by atoms with Crippen molar-refractivity contribution in [1.82, 2.24) is 0 Å². The van der Waals surface area contributed by atoms with Gasteiger partial charge in [-0.15, -0.1) is 0 Å². The van der Waals surface area contributed by atoms with Crippen LogP contribution in [0.4, 0.5) is 0 Å². The summed E-state index contributed by atoms with van der Waals surface area (Å²) >= 11 is 3.44. The van der Waals surface area contributed by atoms with Crippen molar-refractivity contribution >= 4 is 33.8 Å². The first kappa shape index (κ1) is 17.0. The molecule has 4 heteroatoms. The molecule has 3 rings (SSSR count). The molecule has 0 radical (unpaired) electrons. The minimum atomic E-state index is 0.184. The third-order valence-corrected chi connectivity index (χ3v) is 4.03. The van der Waals surface area contributed by atoms with Gasteiger partial charge in [-0.05, 0) is 17.7 Å². The molecule has 25 heavy (non-hydrogen) atoms. The standard InChI is InChI=1S/C21H16BrN3/c22-19-13-11-18(12-14-19)21(24-15-16-7-3-1-4-8-16)25-20(23)17-9-5-2-6-10-17/h1-15,23H. The Kier molecular flexibility index (Phi) is 5.65. The Bertz CT molecular complexity index is 899. The van der Waals surface area contributed by atoms with Gasteiger partial charge in [0.2, 0.25) is 0 Å². The highest BCUT2D eigenvalue weighted by molar-refractivity contribution is 9.10. The van der Waals surface area contributed by atoms with Crippen molar-refractivity contribution in [3.8, 4) is 0 Å². The van der Waals surface area contributed by atoms with Crippen LogP contribution in [0.3, 0.4) is 0 Å². The summed E-state index contributed by atoms with van der Waals surface area (Å²) in [6, 6.07) is 27.0. The van der Waals surface area contributed by atoms with Gasteiger partial charge >= 0.3 is 0 Å². The average Bonchev–Trinajstić information content (AvgIpc) is 2.67. The minimum Gasteiger partial charge on any atom is -0.282 e. The molecule has 0 saturated heterocycles. The summed E-state index contributed by atoms with van der Waals surface area (Å²) < 4.78 is 0.987. The van der Waals surface area contributed by atoms with Gasteiger partial charge in [-0.1, -0.05) is 88.7 Å². The molecule has 0 fully saturated rings. The quantitative estimate of drug-likeness (QED) is 0.464. The van der Waals surface area contributed by atoms with Crippen LogP contribution in [0.15, 0.2) is 99.4 Å². The minimum absolute atomic E-state index is 0.184. The average molecular weight is 390 g/mol. The fraction of sp³-hybridized carbons (Fsp3) is 0. The van der Waals surface area contributed by atoms with Crippen molar-refractivity contribution in [2.24, 2.45) is 9.98 Å². The summed E-state index contributed by atoms with van der Waals surface area (Å²) in [6.45, 7) is 0. The van der Waals surface area contributed by atoms with Crippen LogP contribution in [-0.2, 0) is 0 Å². The number of rotatable bonds is 3. The second-order valence-electron chi connectivity index (χ2n) is 5.33. The summed E-state index contributed by atoms with van der Waals surface area (Å²) in [6.07, 6.45) is 1.76. The maximum absolute atomic E-state index is 8.26. The van der Waals surface area contributed by atoms with E-state index in [2.05, 4.69) is 25.9 Å². The number of halogens is 1. The lowest BCUT2D eigenvalue weighted by atomic mass is 10.2. The van der Waals surface area contributed by atoms with Gasteiger partial charge in [-0.25, -0.2) is 9.98 Å². The van der Waals surface area contributed by atoms with Gasteiger partial charge in [0.25, 0.3) is 0 Å². The van der Waals surface area contributed by atoms with Gasteiger partial charge in [0, 0.05) is 21.8 Å². The summed E-state index contributed by atoms with van der Waals surface area (Å²) in [5.74, 6) is 0.689. The van der Waals surface area contributed by atoms with Crippen molar-refractivity contribution in [2.45, 2.75) is 0 Å². The van der Waals surface area contributed by atoms with Gasteiger partial charge in [0.15, 0.2) is 11.7 Å². The van der Waals surface area contributed by atoms with E-state index in [-0.39, 0.29) is 5.84 Å². The Labute approximate surface area is 155 Å². The Balaban J connectivity index is 1.96. The monoisotopic (exact) mass is 389 g/mol. The van der Waals surface area contributed by atoms with Gasteiger partial charge in [-0.3, -0.25) is 5.41 Å². The van der Waals surface area contributed by atoms with Crippen LogP contribution in [0, 0.1) is 5.41 Å². The highest BCUT2D eigenvalue weighted by Crippen LogP contribution is 2.13. The smallest absolute Gasteiger partial charge is 0.161 e. The second-order valence-corrected chi connectivity index (χ2v) is 6.24. The Morgan fingerprint density at radius 2 is 1.36 bits per heavy atom. The molecule has 0 unspecified atom stereocenters. The molecule has 0 bridgehead atoms. The molecule has 1 N–H and O–H groups in total. The summed E-state index contributed by atoms with van der Waals surface area (Å²) in [7, 11) is 0. The molecule has 0 heterocycles. The van der Waals surface area contributed by atoms with E-state index in [1.807, 2.05) is 84.9 Å². The Hall–Kier alpha value is -2.85. The second kappa shape index (κ2) is 8.31. The van der Waals surface area contributed by atoms with Crippen LogP contribution >= 0.6 is 15.9 Å². The number of aliphatic imine (C=N–C) groups is 2. The van der Waals surface area contributed by atoms with E-state index in [0.717, 1.165) is 21.2 Å². The molecule has 0 atom stereocenters. The fourth-order valence-corrected chi connectivity index (χ4v) is 2.47. The Morgan fingerprint density at radius 1 is 0.760 bits per heavy atom. The van der Waals surface area contributed by atoms with E-state index in [0.29, 0.717) is 5.84 Å². The van der Waals surface area contributed by atoms with Gasteiger partial charge in [0.05, 0.1) is 0 Å². The van der Waals surface area contributed by atoms with Gasteiger partial charge < -0.3 is 0 Å². The lowest BCUT2D eigenvalue weighted by molar-refractivity contribution is 1.39. The van der Waals surface area contributed by atoms with E-state index >= 15 is 0 Å². The highest BCUT2D eigenvalue weighted by Gasteiger charge is 2.05. The summed E-state index contributed by atoms with van der Waals surface area (Å²) in [5, 5.41) is 8.26. The number of nitrogens with one attached hydrogen (secondary N) is 1. The predicted octanol–water partition coefficient (Wildman–Crippen LogP) is 5.34. The zero-order valence-electron chi connectivity index (χ0n) is 13.4. The number of amidine groups is 2. The normalized spacial score (nSPS) is 11.6. The van der Waals surface area contributed by atoms with Crippen LogP contribution < -0.4 is 0 Å². The van der Waals surface area contributed by atoms with Crippen LogP contribution in [0.2, 0.25) is 0 Å². The molecule has 3 nitrogen and oxygen atoms in total. The van der Waals surface area contributed by atoms with E-state index in [9.17, 15) is 0 Å². The number of hydrogen-bond acceptors (Lipinski definition) is 1. The number of nitrogens with zero attached hydrogens (tertiary/aromatic N) is 2. The highest BCUT2D eigenvalue weighted by atomic mass is 79.9. The van der Waals surface area contributed by atoms with Crippen molar-refractivity contribution in [2.75, 3.05) is 0 Å². The SMILES string of the molecule is N=C(N=C(N=Cc1ccccc1)c1ccc(Br)cc1)c1ccccc1. The van der Waals surface area contributed by atoms with E-state index in [1.54, 1.807) is 6.21 Å². The maximum atomic E-state index is 8.26. The van der Waals surface area contributed by atoms with Crippen LogP contribution in [0.25, 0.3) is 0 Å². The predicted molar refractivity (Wildman–Crippen MR) is 108 cm³/mol. The lowest BCUT2D eigenvalue weighted by Gasteiger charge is -2.04. The third kappa shape index (κ3) is 4.81. The molecule has 122 valence electrons. The molecule has 0 saturated carbocycles. The molecule has 0 aliphatic carbocycles. The molecule has 3 aromatic carbocycles. The first-order valence-electron chi connectivity index (χ1n) is 7.80. The molecule has 0 spiro atoms. The topological polar surface area (TPSA) is 48.6 Å². The van der Waals surface area contributed by atoms with Crippen molar-refractivity contribution in [3.05, 3.63) is 106 Å². The molecule has 0 aliphatic rings. The van der Waals surface area contributed by atoms with Crippen molar-refractivity contribution < 1.29 is 0 Å². The third-order valence-electron chi connectivity index (χ3n) is 3.50. The maximum Gasteiger partial charge on any atom is 0.161 e. The molecular formula is C21H16BrN3. The zero-order chi connectivity index (χ0) is 17.5. The van der Waals surface area contributed by atoms with E-state index in [4.69, 9.17) is 5.41 Å². The first-order valence-corrected chi connectivity index (χ1v) is 8.59. The first-order chi connectivity index (χ1) is 12.2. The van der Waals surface area contributed by atoms with Crippen LogP contribution in [0.1, 0.15) is 16.7 Å². The van der Waals surface area contributed by atoms with Gasteiger partial charge in [-0.2, -0.15) is 0 Å². The van der Waals surface area contributed by atoms with Crippen molar-refractivity contribution in [1.29, 1.82) is 5.41 Å². The largest absolute Gasteiger partial charge is 0.282 e. The molecule has 0 aromatic heterocycles. The van der Waals surface area contributed by atoms with E-state index in [1.165, 1.54) is 0 Å². The number of benzene rings is 3. The Morgan fingerprint density at radius 3 is 2.00 bits per heavy atom. The lowest BCUT2D eigenvalue weighted by Crippen LogP contribution is -2.04. The molecule has 0 amide bonds. The van der Waals surface area contributed by atoms with Crippen LogP contribution in [-0.4, -0.2) is 17.9 Å². The molecule has 3 aromatic rings. The van der Waals surface area contributed by atoms with E-state index < -0.39 is 0 Å². The zero-order valence-corrected chi connectivity index (χ0v) is 15.0. The fourth-order valence-electron chi connectivity index (χ4n) is 2.21. The summed E-state index contributed by atoms with van der Waals surface area (Å²) in [4.78, 5) is 8.98.